The molecule has 0 saturated carbocycles. The number of carbonyl (C=O) groups excluding carboxylic acids is 1. The van der Waals surface area contributed by atoms with Gasteiger partial charge in [0.15, 0.2) is 0 Å². The van der Waals surface area contributed by atoms with Gasteiger partial charge in [-0.3, -0.25) is 10.2 Å². The van der Waals surface area contributed by atoms with Crippen molar-refractivity contribution in [3.8, 4) is 0 Å². The number of carboxylic acid groups (broad SMARTS) is 1. The fraction of sp³-hybridized carbons (Fsp3) is 0.818. The van der Waals surface area contributed by atoms with Gasteiger partial charge in [-0.15, -0.1) is 11.6 Å². The number of nitrogens with one attached hydrogen (secondary N) is 2. The van der Waals surface area contributed by atoms with Crippen LogP contribution >= 0.6 is 11.6 Å². The van der Waals surface area contributed by atoms with Gasteiger partial charge in [-0.25, -0.2) is 10.2 Å². The monoisotopic (exact) mass is 278 g/mol. The van der Waals surface area contributed by atoms with Gasteiger partial charge in [0.2, 0.25) is 5.91 Å². The summed E-state index contributed by atoms with van der Waals surface area (Å²) in [5.74, 6) is -0.582. The first-order valence-electron chi connectivity index (χ1n) is 6.06. The zero-order valence-electron chi connectivity index (χ0n) is 10.3. The Bertz CT molecular complexity index is 301. The summed E-state index contributed by atoms with van der Waals surface area (Å²) in [7, 11) is 0. The van der Waals surface area contributed by atoms with Crippen molar-refractivity contribution >= 4 is 23.6 Å². The smallest absolute Gasteiger partial charge is 0.423 e. The maximum absolute atomic E-state index is 11.9. The maximum Gasteiger partial charge on any atom is 0.423 e. The van der Waals surface area contributed by atoms with E-state index in [0.29, 0.717) is 19.6 Å². The average molecular weight is 279 g/mol. The SMILES string of the molecule is CCCC(C(=O)NNC(=O)O)C1CCOCC1Cl. The van der Waals surface area contributed by atoms with E-state index < -0.39 is 6.09 Å². The molecule has 1 heterocycles. The van der Waals surface area contributed by atoms with Gasteiger partial charge in [-0.2, -0.15) is 0 Å². The minimum atomic E-state index is -1.28. The molecule has 1 fully saturated rings. The van der Waals surface area contributed by atoms with Crippen molar-refractivity contribution in [2.24, 2.45) is 11.8 Å². The molecule has 1 rings (SSSR count). The molecule has 0 aromatic rings. The first-order valence-corrected chi connectivity index (χ1v) is 6.50. The molecule has 0 aliphatic carbocycles. The van der Waals surface area contributed by atoms with Gasteiger partial charge in [0.05, 0.1) is 12.0 Å². The highest BCUT2D eigenvalue weighted by atomic mass is 35.5. The van der Waals surface area contributed by atoms with Crippen LogP contribution in [0.15, 0.2) is 0 Å². The Balaban J connectivity index is 2.61. The average Bonchev–Trinajstić information content (AvgIpc) is 2.34. The predicted molar refractivity (Wildman–Crippen MR) is 66.3 cm³/mol. The zero-order valence-corrected chi connectivity index (χ0v) is 11.1. The Kier molecular flexibility index (Phi) is 6.21. The third-order valence-corrected chi connectivity index (χ3v) is 3.53. The van der Waals surface area contributed by atoms with Crippen molar-refractivity contribution in [3.05, 3.63) is 0 Å². The van der Waals surface area contributed by atoms with Gasteiger partial charge < -0.3 is 9.84 Å². The molecule has 1 aliphatic rings. The number of amides is 2. The number of halogens is 1. The second kappa shape index (κ2) is 7.43. The lowest BCUT2D eigenvalue weighted by Crippen LogP contribution is -2.48. The highest BCUT2D eigenvalue weighted by Crippen LogP contribution is 2.30. The lowest BCUT2D eigenvalue weighted by atomic mass is 9.82. The molecule has 3 unspecified atom stereocenters. The third-order valence-electron chi connectivity index (χ3n) is 3.08. The largest absolute Gasteiger partial charge is 0.464 e. The van der Waals surface area contributed by atoms with Crippen LogP contribution in [0.4, 0.5) is 4.79 Å². The summed E-state index contributed by atoms with van der Waals surface area (Å²) < 4.78 is 5.24. The molecule has 0 spiro atoms. The van der Waals surface area contributed by atoms with Crippen molar-refractivity contribution in [1.82, 2.24) is 10.9 Å². The van der Waals surface area contributed by atoms with Crippen molar-refractivity contribution in [2.75, 3.05) is 13.2 Å². The summed E-state index contributed by atoms with van der Waals surface area (Å²) in [6, 6.07) is 0. The fourth-order valence-electron chi connectivity index (χ4n) is 2.23. The van der Waals surface area contributed by atoms with Crippen LogP contribution in [-0.4, -0.2) is 35.7 Å². The van der Waals surface area contributed by atoms with E-state index >= 15 is 0 Å². The van der Waals surface area contributed by atoms with Crippen LogP contribution in [-0.2, 0) is 9.53 Å². The Labute approximate surface area is 111 Å². The molecule has 1 saturated heterocycles. The quantitative estimate of drug-likeness (QED) is 0.535. The molecule has 1 aliphatic heterocycles. The number of alkyl halides is 1. The first kappa shape index (κ1) is 15.0. The van der Waals surface area contributed by atoms with Gasteiger partial charge in [0.1, 0.15) is 0 Å². The molecule has 3 N–H and O–H groups in total. The summed E-state index contributed by atoms with van der Waals surface area (Å²) in [5.41, 5.74) is 4.08. The summed E-state index contributed by atoms with van der Waals surface area (Å²) in [4.78, 5) is 22.3. The van der Waals surface area contributed by atoms with Crippen LogP contribution in [0.1, 0.15) is 26.2 Å². The van der Waals surface area contributed by atoms with Crippen molar-refractivity contribution in [2.45, 2.75) is 31.6 Å². The van der Waals surface area contributed by atoms with E-state index in [1.165, 1.54) is 0 Å². The van der Waals surface area contributed by atoms with Gasteiger partial charge >= 0.3 is 6.09 Å². The lowest BCUT2D eigenvalue weighted by molar-refractivity contribution is -0.129. The first-order chi connectivity index (χ1) is 8.56. The minimum absolute atomic E-state index is 0.0240. The molecule has 6 nitrogen and oxygen atoms in total. The van der Waals surface area contributed by atoms with Crippen molar-refractivity contribution in [3.63, 3.8) is 0 Å². The summed E-state index contributed by atoms with van der Waals surface area (Å²) in [6.45, 7) is 3.01. The molecule has 0 bridgehead atoms. The van der Waals surface area contributed by atoms with E-state index in [9.17, 15) is 9.59 Å². The van der Waals surface area contributed by atoms with E-state index in [2.05, 4.69) is 5.43 Å². The Morgan fingerprint density at radius 2 is 2.22 bits per heavy atom. The van der Waals surface area contributed by atoms with Crippen LogP contribution in [0.25, 0.3) is 0 Å². The van der Waals surface area contributed by atoms with Crippen molar-refractivity contribution in [1.29, 1.82) is 0 Å². The van der Waals surface area contributed by atoms with Gasteiger partial charge in [0.25, 0.3) is 0 Å². The van der Waals surface area contributed by atoms with Crippen molar-refractivity contribution < 1.29 is 19.4 Å². The molecule has 0 radical (unpaired) electrons. The lowest BCUT2D eigenvalue weighted by Gasteiger charge is -2.33. The number of hydrogen-bond donors (Lipinski definition) is 3. The molecule has 3 atom stereocenters. The normalized spacial score (nSPS) is 25.2. The second-order valence-corrected chi connectivity index (χ2v) is 4.92. The number of hydrogen-bond acceptors (Lipinski definition) is 3. The van der Waals surface area contributed by atoms with Gasteiger partial charge in [-0.1, -0.05) is 13.3 Å². The van der Waals surface area contributed by atoms with Crippen LogP contribution in [0.2, 0.25) is 0 Å². The molecule has 0 aromatic carbocycles. The maximum atomic E-state index is 11.9. The Hall–Kier alpha value is -1.01. The van der Waals surface area contributed by atoms with Gasteiger partial charge in [0, 0.05) is 12.5 Å². The van der Waals surface area contributed by atoms with Crippen LogP contribution in [0.3, 0.4) is 0 Å². The molecule has 0 aromatic heterocycles. The summed E-state index contributed by atoms with van der Waals surface area (Å²) in [6.07, 6.45) is 0.958. The van der Waals surface area contributed by atoms with Gasteiger partial charge in [-0.05, 0) is 18.8 Å². The standard InChI is InChI=1S/C11H19ClN2O4/c1-2-3-8(10(15)13-14-11(16)17)7-4-5-18-6-9(7)12/h7-9,14H,2-6H2,1H3,(H,13,15)(H,16,17). The molecule has 18 heavy (non-hydrogen) atoms. The highest BCUT2D eigenvalue weighted by Gasteiger charge is 2.35. The number of rotatable bonds is 4. The summed E-state index contributed by atoms with van der Waals surface area (Å²) in [5, 5.41) is 8.26. The highest BCUT2D eigenvalue weighted by molar-refractivity contribution is 6.21. The zero-order chi connectivity index (χ0) is 13.5. The molecule has 7 heteroatoms. The molecular formula is C11H19ClN2O4. The van der Waals surface area contributed by atoms with E-state index in [1.54, 1.807) is 0 Å². The predicted octanol–water partition coefficient (Wildman–Crippen LogP) is 1.35. The fourth-order valence-corrected chi connectivity index (χ4v) is 2.62. The number of ether oxygens (including phenoxy) is 1. The molecule has 2 amide bonds. The Morgan fingerprint density at radius 1 is 1.50 bits per heavy atom. The van der Waals surface area contributed by atoms with E-state index in [4.69, 9.17) is 21.4 Å². The van der Waals surface area contributed by atoms with E-state index in [1.807, 2.05) is 12.3 Å². The molecule has 104 valence electrons. The topological polar surface area (TPSA) is 87.7 Å². The number of hydrazine groups is 1. The van der Waals surface area contributed by atoms with Crippen LogP contribution in [0, 0.1) is 11.8 Å². The molecular weight excluding hydrogens is 260 g/mol. The van der Waals surface area contributed by atoms with E-state index in [-0.39, 0.29) is 23.1 Å². The summed E-state index contributed by atoms with van der Waals surface area (Å²) >= 11 is 6.18. The third kappa shape index (κ3) is 4.34. The second-order valence-electron chi connectivity index (χ2n) is 4.36. The minimum Gasteiger partial charge on any atom is -0.464 e. The Morgan fingerprint density at radius 3 is 2.78 bits per heavy atom. The number of carbonyl (C=O) groups is 2. The van der Waals surface area contributed by atoms with Crippen LogP contribution in [0.5, 0.6) is 0 Å². The van der Waals surface area contributed by atoms with Crippen LogP contribution < -0.4 is 10.9 Å². The van der Waals surface area contributed by atoms with E-state index in [0.717, 1.165) is 12.8 Å².